The quantitative estimate of drug-likeness (QED) is 0.611. The molecule has 0 fully saturated rings. The van der Waals surface area contributed by atoms with E-state index in [2.05, 4.69) is 54.1 Å². The number of benzene rings is 1. The highest BCUT2D eigenvalue weighted by atomic mass is 16.3. The lowest BCUT2D eigenvalue weighted by molar-refractivity contribution is 0.495. The van der Waals surface area contributed by atoms with E-state index in [1.807, 2.05) is 12.1 Å². The van der Waals surface area contributed by atoms with Crippen molar-refractivity contribution in [2.24, 2.45) is 0 Å². The lowest BCUT2D eigenvalue weighted by atomic mass is 10.1. The summed E-state index contributed by atoms with van der Waals surface area (Å²) in [6.45, 7) is 3.02. The molecule has 0 aliphatic heterocycles. The Bertz CT molecular complexity index is 665. The van der Waals surface area contributed by atoms with Crippen molar-refractivity contribution in [3.63, 3.8) is 0 Å². The predicted molar refractivity (Wildman–Crippen MR) is 86.3 cm³/mol. The van der Waals surface area contributed by atoms with Gasteiger partial charge in [-0.1, -0.05) is 43.7 Å². The minimum absolute atomic E-state index is 0.781. The summed E-state index contributed by atoms with van der Waals surface area (Å²) in [6.07, 6.45) is 7.60. The van der Waals surface area contributed by atoms with Crippen LogP contribution in [0, 0.1) is 0 Å². The van der Waals surface area contributed by atoms with Crippen LogP contribution in [0.5, 0.6) is 0 Å². The Labute approximate surface area is 126 Å². The number of aromatic nitrogens is 1. The van der Waals surface area contributed by atoms with Gasteiger partial charge in [0.15, 0.2) is 0 Å². The third kappa shape index (κ3) is 3.27. The van der Waals surface area contributed by atoms with Gasteiger partial charge >= 0.3 is 0 Å². The van der Waals surface area contributed by atoms with Gasteiger partial charge in [0.2, 0.25) is 0 Å². The van der Waals surface area contributed by atoms with Crippen molar-refractivity contribution in [1.82, 2.24) is 4.57 Å². The molecule has 0 unspecified atom stereocenters. The van der Waals surface area contributed by atoms with E-state index in [1.165, 1.54) is 29.7 Å². The molecule has 0 spiro atoms. The molecule has 3 aromatic rings. The lowest BCUT2D eigenvalue weighted by Gasteiger charge is -2.07. The Hall–Kier alpha value is -2.22. The average molecular weight is 279 g/mol. The van der Waals surface area contributed by atoms with Crippen LogP contribution in [-0.4, -0.2) is 4.57 Å². The van der Waals surface area contributed by atoms with Gasteiger partial charge in [0, 0.05) is 11.9 Å². The Morgan fingerprint density at radius 2 is 1.90 bits per heavy atom. The highest BCUT2D eigenvalue weighted by molar-refractivity contribution is 5.61. The molecule has 1 aromatic carbocycles. The van der Waals surface area contributed by atoms with Gasteiger partial charge in [0.1, 0.15) is 5.76 Å². The van der Waals surface area contributed by atoms with Crippen molar-refractivity contribution in [1.29, 1.82) is 0 Å². The largest absolute Gasteiger partial charge is 0.467 e. The van der Waals surface area contributed by atoms with Crippen molar-refractivity contribution < 1.29 is 4.42 Å². The number of rotatable bonds is 6. The maximum atomic E-state index is 5.50. The molecule has 2 heteroatoms. The first-order valence-corrected chi connectivity index (χ1v) is 7.63. The van der Waals surface area contributed by atoms with E-state index >= 15 is 0 Å². The molecule has 0 amide bonds. The summed E-state index contributed by atoms with van der Waals surface area (Å²) < 4.78 is 7.79. The van der Waals surface area contributed by atoms with E-state index in [4.69, 9.17) is 4.42 Å². The first-order chi connectivity index (χ1) is 10.4. The Morgan fingerprint density at radius 3 is 2.62 bits per heavy atom. The minimum atomic E-state index is 0.781. The fourth-order valence-corrected chi connectivity index (χ4v) is 2.64. The number of furan rings is 1. The molecule has 0 saturated carbocycles. The summed E-state index contributed by atoms with van der Waals surface area (Å²) in [5.74, 6) is 0.991. The second-order valence-corrected chi connectivity index (χ2v) is 5.41. The number of aryl methyl sites for hydroxylation is 1. The Balaban J connectivity index is 1.93. The van der Waals surface area contributed by atoms with E-state index in [9.17, 15) is 0 Å². The topological polar surface area (TPSA) is 18.1 Å². The number of nitrogens with zero attached hydrogens (tertiary/aromatic N) is 1. The molecular weight excluding hydrogens is 258 g/mol. The molecule has 0 aliphatic carbocycles. The standard InChI is InChI=1S/C19H21NO/c1-2-3-8-16-13-19(17-9-5-4-6-10-17)20(14-16)15-18-11-7-12-21-18/h4-7,9-14H,2-3,8,15H2,1H3. The second kappa shape index (κ2) is 6.49. The second-order valence-electron chi connectivity index (χ2n) is 5.41. The summed E-state index contributed by atoms with van der Waals surface area (Å²) in [7, 11) is 0. The van der Waals surface area contributed by atoms with E-state index < -0.39 is 0 Å². The van der Waals surface area contributed by atoms with Crippen LogP contribution in [0.3, 0.4) is 0 Å². The molecule has 0 aliphatic rings. The van der Waals surface area contributed by atoms with Crippen molar-refractivity contribution in [2.75, 3.05) is 0 Å². The van der Waals surface area contributed by atoms with Gasteiger partial charge < -0.3 is 8.98 Å². The monoisotopic (exact) mass is 279 g/mol. The van der Waals surface area contributed by atoms with Crippen LogP contribution in [-0.2, 0) is 13.0 Å². The molecule has 0 bridgehead atoms. The fourth-order valence-electron chi connectivity index (χ4n) is 2.64. The first kappa shape index (κ1) is 13.7. The van der Waals surface area contributed by atoms with Crippen LogP contribution >= 0.6 is 0 Å². The number of hydrogen-bond donors (Lipinski definition) is 0. The molecule has 108 valence electrons. The zero-order chi connectivity index (χ0) is 14.5. The van der Waals surface area contributed by atoms with Crippen LogP contribution in [0.4, 0.5) is 0 Å². The molecule has 3 rings (SSSR count). The maximum Gasteiger partial charge on any atom is 0.123 e. The number of unbranched alkanes of at least 4 members (excludes halogenated alkanes) is 1. The molecule has 2 aromatic heterocycles. The highest BCUT2D eigenvalue weighted by Crippen LogP contribution is 2.24. The molecule has 2 nitrogen and oxygen atoms in total. The van der Waals surface area contributed by atoms with Crippen LogP contribution in [0.1, 0.15) is 31.1 Å². The summed E-state index contributed by atoms with van der Waals surface area (Å²) in [5.41, 5.74) is 3.92. The molecule has 0 N–H and O–H groups in total. The molecule has 0 atom stereocenters. The lowest BCUT2D eigenvalue weighted by Crippen LogP contribution is -1.99. The summed E-state index contributed by atoms with van der Waals surface area (Å²) in [4.78, 5) is 0. The molecule has 2 heterocycles. The van der Waals surface area contributed by atoms with E-state index in [0.717, 1.165) is 18.7 Å². The third-order valence-electron chi connectivity index (χ3n) is 3.75. The summed E-state index contributed by atoms with van der Waals surface area (Å²) >= 11 is 0. The normalized spacial score (nSPS) is 10.9. The summed E-state index contributed by atoms with van der Waals surface area (Å²) in [5, 5.41) is 0. The minimum Gasteiger partial charge on any atom is -0.467 e. The fraction of sp³-hybridized carbons (Fsp3) is 0.263. The van der Waals surface area contributed by atoms with Crippen LogP contribution in [0.15, 0.2) is 65.4 Å². The average Bonchev–Trinajstić information content (AvgIpc) is 3.16. The zero-order valence-corrected chi connectivity index (χ0v) is 12.5. The zero-order valence-electron chi connectivity index (χ0n) is 12.5. The van der Waals surface area contributed by atoms with Crippen LogP contribution in [0.2, 0.25) is 0 Å². The van der Waals surface area contributed by atoms with E-state index in [-0.39, 0.29) is 0 Å². The predicted octanol–water partition coefficient (Wildman–Crippen LogP) is 5.14. The smallest absolute Gasteiger partial charge is 0.123 e. The third-order valence-corrected chi connectivity index (χ3v) is 3.75. The van der Waals surface area contributed by atoms with Gasteiger partial charge in [-0.2, -0.15) is 0 Å². The van der Waals surface area contributed by atoms with Crippen molar-refractivity contribution in [2.45, 2.75) is 32.7 Å². The van der Waals surface area contributed by atoms with Gasteiger partial charge in [-0.25, -0.2) is 0 Å². The van der Waals surface area contributed by atoms with Gasteiger partial charge in [-0.15, -0.1) is 0 Å². The van der Waals surface area contributed by atoms with Crippen LogP contribution in [0.25, 0.3) is 11.3 Å². The van der Waals surface area contributed by atoms with Crippen molar-refractivity contribution in [3.8, 4) is 11.3 Å². The maximum absolute atomic E-state index is 5.50. The van der Waals surface area contributed by atoms with Gasteiger partial charge in [0.25, 0.3) is 0 Å². The van der Waals surface area contributed by atoms with Crippen molar-refractivity contribution >= 4 is 0 Å². The summed E-state index contributed by atoms with van der Waals surface area (Å²) in [6, 6.07) is 16.8. The van der Waals surface area contributed by atoms with Crippen molar-refractivity contribution in [3.05, 3.63) is 72.3 Å². The Morgan fingerprint density at radius 1 is 1.05 bits per heavy atom. The first-order valence-electron chi connectivity index (χ1n) is 7.63. The number of hydrogen-bond acceptors (Lipinski definition) is 1. The molecule has 0 radical (unpaired) electrons. The van der Waals surface area contributed by atoms with E-state index in [0.29, 0.717) is 0 Å². The highest BCUT2D eigenvalue weighted by Gasteiger charge is 2.09. The molecule has 21 heavy (non-hydrogen) atoms. The molecular formula is C19H21NO. The van der Waals surface area contributed by atoms with E-state index in [1.54, 1.807) is 6.26 Å². The SMILES string of the molecule is CCCCc1cc(-c2ccccc2)n(Cc2ccco2)c1. The van der Waals surface area contributed by atoms with Gasteiger partial charge in [-0.05, 0) is 42.2 Å². The Kier molecular flexibility index (Phi) is 4.25. The van der Waals surface area contributed by atoms with Gasteiger partial charge in [-0.3, -0.25) is 0 Å². The van der Waals surface area contributed by atoms with Gasteiger partial charge in [0.05, 0.1) is 12.8 Å². The molecule has 0 saturated heterocycles. The van der Waals surface area contributed by atoms with Crippen LogP contribution < -0.4 is 0 Å².